The Labute approximate surface area is 141 Å². The number of hydrogen-bond donors (Lipinski definition) is 0. The minimum absolute atomic E-state index is 0.163. The van der Waals surface area contributed by atoms with Crippen LogP contribution in [-0.2, 0) is 6.42 Å². The second-order valence-electron chi connectivity index (χ2n) is 8.26. The van der Waals surface area contributed by atoms with Gasteiger partial charge in [-0.3, -0.25) is 4.98 Å². The van der Waals surface area contributed by atoms with E-state index in [1.165, 1.54) is 10.8 Å². The van der Waals surface area contributed by atoms with Crippen molar-refractivity contribution >= 4 is 13.3 Å². The highest BCUT2D eigenvalue weighted by Crippen LogP contribution is 2.26. The van der Waals surface area contributed by atoms with Crippen LogP contribution in [0.15, 0.2) is 36.5 Å². The molecule has 0 aliphatic carbocycles. The van der Waals surface area contributed by atoms with Crippen molar-refractivity contribution in [3.8, 4) is 11.3 Å². The molecule has 0 fully saturated rings. The molecular formula is C20H29NSi. The molecule has 2 heteroatoms. The van der Waals surface area contributed by atoms with Gasteiger partial charge in [-0.15, -0.1) is 0 Å². The summed E-state index contributed by atoms with van der Waals surface area (Å²) in [5.41, 5.74) is 3.30. The van der Waals surface area contributed by atoms with Crippen molar-refractivity contribution in [2.75, 3.05) is 0 Å². The van der Waals surface area contributed by atoms with Crippen LogP contribution in [0.1, 0.15) is 36.0 Å². The molecule has 0 atom stereocenters. The molecule has 1 nitrogen and oxygen atoms in total. The Morgan fingerprint density at radius 3 is 2.41 bits per heavy atom. The van der Waals surface area contributed by atoms with E-state index in [1.807, 2.05) is 18.3 Å². The molecule has 1 aromatic heterocycles. The lowest BCUT2D eigenvalue weighted by Gasteiger charge is -2.26. The van der Waals surface area contributed by atoms with Crippen molar-refractivity contribution in [2.45, 2.75) is 53.7 Å². The van der Waals surface area contributed by atoms with Gasteiger partial charge in [-0.2, -0.15) is 0 Å². The highest BCUT2D eigenvalue weighted by atomic mass is 28.3. The van der Waals surface area contributed by atoms with E-state index in [2.05, 4.69) is 51.5 Å². The summed E-state index contributed by atoms with van der Waals surface area (Å²) in [6, 6.07) is 9.31. The van der Waals surface area contributed by atoms with Crippen molar-refractivity contribution in [3.05, 3.63) is 47.7 Å². The molecule has 0 saturated heterocycles. The van der Waals surface area contributed by atoms with Gasteiger partial charge in [-0.1, -0.05) is 64.7 Å². The number of aryl methyl sites for hydroxylation is 1. The van der Waals surface area contributed by atoms with Gasteiger partial charge in [0, 0.05) is 15.9 Å². The van der Waals surface area contributed by atoms with Crippen LogP contribution in [0.2, 0.25) is 19.6 Å². The van der Waals surface area contributed by atoms with Crippen LogP contribution in [0.5, 0.6) is 0 Å². The van der Waals surface area contributed by atoms with Crippen LogP contribution in [0.25, 0.3) is 11.3 Å². The smallest absolute Gasteiger partial charge is 0.0799 e. The molecule has 0 aliphatic heterocycles. The maximum atomic E-state index is 7.81. The zero-order valence-corrected chi connectivity index (χ0v) is 15.6. The highest BCUT2D eigenvalue weighted by molar-refractivity contribution is 6.89. The standard InChI is InChI=1S/C20H29NSi/c1-15-10-8-9-11-17(15)18-12-16(13-20(2,3)4)19(14-21-18)22(5,6)7/h8-12,14H,13H2,1-7H3/i1D3. The third kappa shape index (κ3) is 4.07. The van der Waals surface area contributed by atoms with E-state index in [9.17, 15) is 0 Å². The minimum atomic E-state index is -2.14. The maximum Gasteiger partial charge on any atom is 0.0799 e. The van der Waals surface area contributed by atoms with Gasteiger partial charge in [0.25, 0.3) is 0 Å². The minimum Gasteiger partial charge on any atom is -0.256 e. The molecule has 118 valence electrons. The van der Waals surface area contributed by atoms with Gasteiger partial charge in [0.1, 0.15) is 0 Å². The zero-order valence-electron chi connectivity index (χ0n) is 17.6. The second kappa shape index (κ2) is 6.00. The molecule has 1 heterocycles. The molecule has 0 spiro atoms. The normalized spacial score (nSPS) is 15.1. The number of rotatable bonds is 3. The summed E-state index contributed by atoms with van der Waals surface area (Å²) >= 11 is 0. The predicted molar refractivity (Wildman–Crippen MR) is 101 cm³/mol. The van der Waals surface area contributed by atoms with Crippen molar-refractivity contribution in [1.82, 2.24) is 4.98 Å². The first-order chi connectivity index (χ1) is 11.3. The Balaban J connectivity index is 2.64. The first kappa shape index (κ1) is 13.1. The lowest BCUT2D eigenvalue weighted by Crippen LogP contribution is -2.41. The fourth-order valence-electron chi connectivity index (χ4n) is 2.74. The van der Waals surface area contributed by atoms with Gasteiger partial charge in [0.05, 0.1) is 13.8 Å². The Morgan fingerprint density at radius 2 is 1.82 bits per heavy atom. The summed E-state index contributed by atoms with van der Waals surface area (Å²) in [7, 11) is -1.53. The van der Waals surface area contributed by atoms with E-state index >= 15 is 0 Å². The average molecular weight is 315 g/mol. The van der Waals surface area contributed by atoms with Gasteiger partial charge >= 0.3 is 0 Å². The summed E-state index contributed by atoms with van der Waals surface area (Å²) < 4.78 is 23.4. The van der Waals surface area contributed by atoms with Crippen LogP contribution in [0.3, 0.4) is 0 Å². The van der Waals surface area contributed by atoms with E-state index in [0.717, 1.165) is 12.1 Å². The van der Waals surface area contributed by atoms with Gasteiger partial charge in [-0.25, -0.2) is 0 Å². The number of benzene rings is 1. The van der Waals surface area contributed by atoms with E-state index in [-0.39, 0.29) is 5.41 Å². The summed E-state index contributed by atoms with van der Waals surface area (Å²) in [4.78, 5) is 4.66. The average Bonchev–Trinajstić information content (AvgIpc) is 2.43. The largest absolute Gasteiger partial charge is 0.256 e. The SMILES string of the molecule is [2H]C([2H])([2H])c1ccccc1-c1cc(CC(C)(C)C)c([Si](C)(C)C)cn1. The van der Waals surface area contributed by atoms with Crippen LogP contribution in [-0.4, -0.2) is 13.1 Å². The topological polar surface area (TPSA) is 12.9 Å². The quantitative estimate of drug-likeness (QED) is 0.710. The van der Waals surface area contributed by atoms with Gasteiger partial charge < -0.3 is 0 Å². The van der Waals surface area contributed by atoms with Crippen LogP contribution >= 0.6 is 0 Å². The summed E-state index contributed by atoms with van der Waals surface area (Å²) in [6.07, 6.45) is 2.94. The molecule has 0 bridgehead atoms. The Bertz CT molecular complexity index is 753. The van der Waals surface area contributed by atoms with Crippen LogP contribution < -0.4 is 5.19 Å². The molecule has 0 aliphatic rings. The second-order valence-corrected chi connectivity index (χ2v) is 13.3. The molecule has 0 radical (unpaired) electrons. The fourth-order valence-corrected chi connectivity index (χ4v) is 4.32. The fraction of sp³-hybridized carbons (Fsp3) is 0.450. The summed E-state index contributed by atoms with van der Waals surface area (Å²) in [5.74, 6) is 0. The lowest BCUT2D eigenvalue weighted by molar-refractivity contribution is 0.412. The lowest BCUT2D eigenvalue weighted by atomic mass is 9.88. The van der Waals surface area contributed by atoms with E-state index in [1.54, 1.807) is 12.1 Å². The van der Waals surface area contributed by atoms with Crippen LogP contribution in [0.4, 0.5) is 0 Å². The Kier molecular flexibility index (Phi) is 3.56. The third-order valence-electron chi connectivity index (χ3n) is 3.72. The first-order valence-electron chi connectivity index (χ1n) is 9.38. The predicted octanol–water partition coefficient (Wildman–Crippen LogP) is 5.19. The highest BCUT2D eigenvalue weighted by Gasteiger charge is 2.24. The van der Waals surface area contributed by atoms with E-state index in [0.29, 0.717) is 11.1 Å². The molecule has 2 rings (SSSR count). The molecule has 2 aromatic rings. The summed E-state index contributed by atoms with van der Waals surface area (Å²) in [6.45, 7) is 11.5. The number of nitrogens with zero attached hydrogens (tertiary/aromatic N) is 1. The number of hydrogen-bond acceptors (Lipinski definition) is 1. The summed E-state index contributed by atoms with van der Waals surface area (Å²) in [5, 5.41) is 1.36. The van der Waals surface area contributed by atoms with E-state index in [4.69, 9.17) is 4.11 Å². The molecule has 0 amide bonds. The zero-order chi connectivity index (χ0) is 19.0. The monoisotopic (exact) mass is 314 g/mol. The molecule has 22 heavy (non-hydrogen) atoms. The third-order valence-corrected chi connectivity index (χ3v) is 5.79. The molecule has 0 N–H and O–H groups in total. The van der Waals surface area contributed by atoms with Crippen molar-refractivity contribution in [1.29, 1.82) is 0 Å². The molecular weight excluding hydrogens is 282 g/mol. The Hall–Kier alpha value is -1.41. The van der Waals surface area contributed by atoms with Gasteiger partial charge in [0.15, 0.2) is 0 Å². The Morgan fingerprint density at radius 1 is 1.14 bits per heavy atom. The maximum absolute atomic E-state index is 7.81. The van der Waals surface area contributed by atoms with Crippen molar-refractivity contribution < 1.29 is 4.11 Å². The van der Waals surface area contributed by atoms with Crippen LogP contribution in [0, 0.1) is 12.3 Å². The van der Waals surface area contributed by atoms with Crippen molar-refractivity contribution in [3.63, 3.8) is 0 Å². The molecule has 1 aromatic carbocycles. The first-order valence-corrected chi connectivity index (χ1v) is 11.4. The number of pyridine rings is 1. The molecule has 0 unspecified atom stereocenters. The molecule has 0 saturated carbocycles. The number of aromatic nitrogens is 1. The van der Waals surface area contributed by atoms with E-state index < -0.39 is 14.9 Å². The van der Waals surface area contributed by atoms with Gasteiger partial charge in [-0.05, 0) is 41.1 Å². The van der Waals surface area contributed by atoms with Gasteiger partial charge in [0.2, 0.25) is 0 Å². The van der Waals surface area contributed by atoms with Crippen molar-refractivity contribution in [2.24, 2.45) is 5.41 Å².